The van der Waals surface area contributed by atoms with Crippen molar-refractivity contribution in [3.8, 4) is 5.75 Å². The summed E-state index contributed by atoms with van der Waals surface area (Å²) in [6.45, 7) is 2.40. The molecule has 1 heterocycles. The summed E-state index contributed by atoms with van der Waals surface area (Å²) in [6, 6.07) is 13.2. The second-order valence-corrected chi connectivity index (χ2v) is 7.27. The zero-order chi connectivity index (χ0) is 19.2. The molecule has 142 valence electrons. The number of nitrogens with zero attached hydrogens (tertiary/aromatic N) is 1. The lowest BCUT2D eigenvalue weighted by atomic mass is 10.2. The number of nitrogens with one attached hydrogen (secondary N) is 2. The number of hydrogen-bond acceptors (Lipinski definition) is 4. The largest absolute Gasteiger partial charge is 0.496 e. The van der Waals surface area contributed by atoms with Crippen LogP contribution in [0.3, 0.4) is 0 Å². The van der Waals surface area contributed by atoms with E-state index in [1.807, 2.05) is 42.5 Å². The summed E-state index contributed by atoms with van der Waals surface area (Å²) in [4.78, 5) is 4.60. The van der Waals surface area contributed by atoms with Crippen LogP contribution >= 0.6 is 34.8 Å². The Labute approximate surface area is 173 Å². The number of ether oxygens (including phenoxy) is 1. The summed E-state index contributed by atoms with van der Waals surface area (Å²) < 4.78 is 5.46. The molecule has 0 aliphatic carbocycles. The maximum Gasteiger partial charge on any atom is 0.133 e. The van der Waals surface area contributed by atoms with E-state index < -0.39 is 0 Å². The van der Waals surface area contributed by atoms with Crippen molar-refractivity contribution in [3.05, 3.63) is 63.1 Å². The van der Waals surface area contributed by atoms with E-state index in [1.54, 1.807) is 7.11 Å². The van der Waals surface area contributed by atoms with E-state index in [4.69, 9.17) is 39.5 Å². The minimum atomic E-state index is 0.573. The lowest BCUT2D eigenvalue weighted by molar-refractivity contribution is 0.419. The minimum Gasteiger partial charge on any atom is -0.496 e. The third-order valence-corrected chi connectivity index (χ3v) is 5.17. The van der Waals surface area contributed by atoms with Crippen molar-refractivity contribution >= 4 is 51.5 Å². The molecule has 4 nitrogen and oxygen atoms in total. The van der Waals surface area contributed by atoms with Crippen LogP contribution in [0.4, 0.5) is 5.82 Å². The van der Waals surface area contributed by atoms with Crippen molar-refractivity contribution in [2.24, 2.45) is 0 Å². The average Bonchev–Trinajstić information content (AvgIpc) is 2.66. The van der Waals surface area contributed by atoms with Crippen molar-refractivity contribution in [2.75, 3.05) is 25.5 Å². The van der Waals surface area contributed by atoms with Gasteiger partial charge in [0.05, 0.1) is 33.1 Å². The first-order valence-corrected chi connectivity index (χ1v) is 9.73. The molecule has 3 rings (SSSR count). The standard InChI is InChI=1S/C20H20Cl3N3O/c1-27-18-11-19(26-17-5-2-4-15(22)20(17)18)25-9-3-8-24-12-13-6-7-14(21)16(23)10-13/h2,4-7,10-11,24H,3,8-9,12H2,1H3,(H,25,26). The Morgan fingerprint density at radius 2 is 1.81 bits per heavy atom. The van der Waals surface area contributed by atoms with Crippen molar-refractivity contribution in [3.63, 3.8) is 0 Å². The molecule has 0 saturated heterocycles. The molecule has 0 radical (unpaired) electrons. The molecule has 3 aromatic rings. The fourth-order valence-corrected chi connectivity index (χ4v) is 3.36. The normalized spacial score (nSPS) is 11.0. The fourth-order valence-electron chi connectivity index (χ4n) is 2.77. The van der Waals surface area contributed by atoms with Gasteiger partial charge >= 0.3 is 0 Å². The molecule has 0 bridgehead atoms. The van der Waals surface area contributed by atoms with Gasteiger partial charge in [0.15, 0.2) is 0 Å². The monoisotopic (exact) mass is 423 g/mol. The number of halogens is 3. The van der Waals surface area contributed by atoms with Gasteiger partial charge in [0, 0.05) is 19.2 Å². The van der Waals surface area contributed by atoms with E-state index in [0.29, 0.717) is 20.8 Å². The number of hydrogen-bond donors (Lipinski definition) is 2. The highest BCUT2D eigenvalue weighted by Gasteiger charge is 2.09. The van der Waals surface area contributed by atoms with Gasteiger partial charge in [-0.25, -0.2) is 4.98 Å². The van der Waals surface area contributed by atoms with Gasteiger partial charge < -0.3 is 15.4 Å². The number of anilines is 1. The van der Waals surface area contributed by atoms with Crippen LogP contribution in [0.2, 0.25) is 15.1 Å². The number of methoxy groups -OCH3 is 1. The number of aromatic nitrogens is 1. The van der Waals surface area contributed by atoms with Crippen LogP contribution in [0.15, 0.2) is 42.5 Å². The first-order valence-electron chi connectivity index (χ1n) is 8.60. The third-order valence-electron chi connectivity index (χ3n) is 4.12. The molecule has 0 amide bonds. The number of fused-ring (bicyclic) bond motifs is 1. The Morgan fingerprint density at radius 3 is 2.59 bits per heavy atom. The summed E-state index contributed by atoms with van der Waals surface area (Å²) in [6.07, 6.45) is 0.943. The fraction of sp³-hybridized carbons (Fsp3) is 0.250. The van der Waals surface area contributed by atoms with Crippen molar-refractivity contribution in [1.82, 2.24) is 10.3 Å². The summed E-state index contributed by atoms with van der Waals surface area (Å²) in [5, 5.41) is 9.34. The highest BCUT2D eigenvalue weighted by molar-refractivity contribution is 6.42. The minimum absolute atomic E-state index is 0.573. The molecule has 2 aromatic carbocycles. The van der Waals surface area contributed by atoms with Gasteiger partial charge in [-0.1, -0.05) is 46.9 Å². The summed E-state index contributed by atoms with van der Waals surface area (Å²) in [5.41, 5.74) is 1.91. The number of rotatable bonds is 8. The topological polar surface area (TPSA) is 46.2 Å². The van der Waals surface area contributed by atoms with Gasteiger partial charge in [0.25, 0.3) is 0 Å². The van der Waals surface area contributed by atoms with Crippen LogP contribution in [0.1, 0.15) is 12.0 Å². The van der Waals surface area contributed by atoms with Crippen molar-refractivity contribution in [2.45, 2.75) is 13.0 Å². The van der Waals surface area contributed by atoms with Crippen LogP contribution in [-0.2, 0) is 6.54 Å². The quantitative estimate of drug-likeness (QED) is 0.449. The van der Waals surface area contributed by atoms with Crippen LogP contribution in [0.5, 0.6) is 5.75 Å². The Balaban J connectivity index is 1.49. The molecule has 0 fully saturated rings. The molecule has 27 heavy (non-hydrogen) atoms. The third kappa shape index (κ3) is 5.17. The molecule has 1 aromatic heterocycles. The van der Waals surface area contributed by atoms with Gasteiger partial charge in [0.1, 0.15) is 11.6 Å². The molecule has 0 spiro atoms. The molecule has 0 saturated carbocycles. The molecule has 2 N–H and O–H groups in total. The maximum atomic E-state index is 6.26. The first kappa shape index (κ1) is 20.0. The van der Waals surface area contributed by atoms with E-state index in [2.05, 4.69) is 15.6 Å². The van der Waals surface area contributed by atoms with Crippen LogP contribution < -0.4 is 15.4 Å². The summed E-state index contributed by atoms with van der Waals surface area (Å²) >= 11 is 18.2. The second kappa shape index (κ2) is 9.47. The van der Waals surface area contributed by atoms with Gasteiger partial charge in [-0.2, -0.15) is 0 Å². The van der Waals surface area contributed by atoms with Crippen molar-refractivity contribution in [1.29, 1.82) is 0 Å². The zero-order valence-corrected chi connectivity index (χ0v) is 17.1. The smallest absolute Gasteiger partial charge is 0.133 e. The molecule has 0 aliphatic heterocycles. The van der Waals surface area contributed by atoms with Crippen LogP contribution in [-0.4, -0.2) is 25.2 Å². The Hall–Kier alpha value is -1.72. The lowest BCUT2D eigenvalue weighted by Gasteiger charge is -2.11. The van der Waals surface area contributed by atoms with Gasteiger partial charge in [0.2, 0.25) is 0 Å². The van der Waals surface area contributed by atoms with E-state index in [1.165, 1.54) is 0 Å². The molecular formula is C20H20Cl3N3O. The van der Waals surface area contributed by atoms with Gasteiger partial charge in [-0.15, -0.1) is 0 Å². The predicted molar refractivity (Wildman–Crippen MR) is 115 cm³/mol. The summed E-state index contributed by atoms with van der Waals surface area (Å²) in [5.74, 6) is 1.48. The molecule has 0 unspecified atom stereocenters. The number of pyridine rings is 1. The number of benzene rings is 2. The average molecular weight is 425 g/mol. The highest BCUT2D eigenvalue weighted by atomic mass is 35.5. The molecular weight excluding hydrogens is 405 g/mol. The second-order valence-electron chi connectivity index (χ2n) is 6.05. The van der Waals surface area contributed by atoms with Crippen LogP contribution in [0.25, 0.3) is 10.9 Å². The first-order chi connectivity index (χ1) is 13.1. The maximum absolute atomic E-state index is 6.26. The van der Waals surface area contributed by atoms with E-state index >= 15 is 0 Å². The molecule has 0 aliphatic rings. The lowest BCUT2D eigenvalue weighted by Crippen LogP contribution is -2.18. The van der Waals surface area contributed by atoms with Gasteiger partial charge in [-0.3, -0.25) is 0 Å². The Bertz CT molecular complexity index is 934. The molecule has 7 heteroatoms. The highest BCUT2D eigenvalue weighted by Crippen LogP contribution is 2.32. The van der Waals surface area contributed by atoms with Gasteiger partial charge in [-0.05, 0) is 42.8 Å². The van der Waals surface area contributed by atoms with E-state index in [0.717, 1.165) is 48.3 Å². The predicted octanol–water partition coefficient (Wildman–Crippen LogP) is 5.80. The molecule has 0 atom stereocenters. The summed E-state index contributed by atoms with van der Waals surface area (Å²) in [7, 11) is 1.63. The SMILES string of the molecule is COc1cc(NCCCNCc2ccc(Cl)c(Cl)c2)nc2cccc(Cl)c12. The Morgan fingerprint density at radius 1 is 0.963 bits per heavy atom. The van der Waals surface area contributed by atoms with Crippen LogP contribution in [0, 0.1) is 0 Å². The van der Waals surface area contributed by atoms with Crippen molar-refractivity contribution < 1.29 is 4.74 Å². The van der Waals surface area contributed by atoms with E-state index in [9.17, 15) is 0 Å². The van der Waals surface area contributed by atoms with E-state index in [-0.39, 0.29) is 0 Å². The Kier molecular flexibility index (Phi) is 7.02. The zero-order valence-electron chi connectivity index (χ0n) is 14.9.